The van der Waals surface area contributed by atoms with Crippen LogP contribution < -0.4 is 0 Å². The van der Waals surface area contributed by atoms with E-state index in [2.05, 4.69) is 33.3 Å². The van der Waals surface area contributed by atoms with Crippen LogP contribution >= 0.6 is 0 Å². The molecule has 1 fully saturated rings. The predicted molar refractivity (Wildman–Crippen MR) is 136 cm³/mol. The zero-order valence-corrected chi connectivity index (χ0v) is 20.5. The second-order valence-corrected chi connectivity index (χ2v) is 9.84. The maximum Gasteiger partial charge on any atom is 0.334 e. The van der Waals surface area contributed by atoms with Gasteiger partial charge in [0.2, 0.25) is 0 Å². The fraction of sp³-hybridized carbons (Fsp3) is 0.407. The maximum atomic E-state index is 15.7. The van der Waals surface area contributed by atoms with Gasteiger partial charge in [0.1, 0.15) is 5.82 Å². The summed E-state index contributed by atoms with van der Waals surface area (Å²) in [6, 6.07) is 2.01. The topological polar surface area (TPSA) is 80.5 Å². The van der Waals surface area contributed by atoms with E-state index < -0.39 is 23.1 Å². The Morgan fingerprint density at radius 3 is 2.75 bits per heavy atom. The summed E-state index contributed by atoms with van der Waals surface area (Å²) in [5.41, 5.74) is 1.76. The molecule has 0 spiro atoms. The molecule has 3 aliphatic rings. The normalized spacial score (nSPS) is 24.0. The molecule has 188 valence electrons. The number of amidine groups is 1. The number of nitrogens with one attached hydrogen (secondary N) is 2. The average molecular weight is 495 g/mol. The number of rotatable bonds is 5. The second-order valence-electron chi connectivity index (χ2n) is 9.84. The van der Waals surface area contributed by atoms with E-state index in [1.54, 1.807) is 18.4 Å². The molecule has 2 aromatic rings. The molecule has 36 heavy (non-hydrogen) atoms. The summed E-state index contributed by atoms with van der Waals surface area (Å²) in [5.74, 6) is -4.76. The van der Waals surface area contributed by atoms with E-state index in [0.29, 0.717) is 40.6 Å². The van der Waals surface area contributed by atoms with Crippen LogP contribution in [0.15, 0.2) is 63.5 Å². The zero-order chi connectivity index (χ0) is 25.6. The van der Waals surface area contributed by atoms with Gasteiger partial charge in [-0.25, -0.2) is 9.40 Å². The molecule has 5 rings (SSSR count). The van der Waals surface area contributed by atoms with Crippen molar-refractivity contribution in [3.8, 4) is 0 Å². The van der Waals surface area contributed by atoms with Crippen molar-refractivity contribution in [3.63, 3.8) is 0 Å². The Balaban J connectivity index is 1.54. The van der Waals surface area contributed by atoms with Crippen molar-refractivity contribution in [1.82, 2.24) is 15.2 Å². The number of hydrogen-bond acceptors (Lipinski definition) is 4. The smallest absolute Gasteiger partial charge is 0.292 e. The number of hydrazone groups is 1. The number of hydrogen-bond donors (Lipinski definition) is 2. The number of nitrogens with zero attached hydrogens (tertiary/aromatic N) is 4. The van der Waals surface area contributed by atoms with E-state index in [-0.39, 0.29) is 5.92 Å². The highest BCUT2D eigenvalue weighted by atomic mass is 19.3. The van der Waals surface area contributed by atoms with Crippen LogP contribution in [0.1, 0.15) is 45.6 Å². The first-order valence-electron chi connectivity index (χ1n) is 12.3. The Labute approximate surface area is 207 Å². The number of aliphatic imine (C=N–C) groups is 1. The van der Waals surface area contributed by atoms with Gasteiger partial charge in [-0.1, -0.05) is 19.9 Å². The standard InChI is InChI=1S/C27H29F3N6/c1-4-15(2)25-8-7-23(18-9-16(3)20(14-32-12-18)17-5-6-17)35-36(25)26(31)27(29,30)21-10-19-13-33-34-24(19)11-22(21)28/h7-13,16-17,20,31H,4-6,14H2,1-3H3,(H,33,34). The molecule has 1 aromatic carbocycles. The molecule has 2 atom stereocenters. The van der Waals surface area contributed by atoms with Crippen LogP contribution in [-0.4, -0.2) is 39.5 Å². The Morgan fingerprint density at radius 2 is 2.03 bits per heavy atom. The van der Waals surface area contributed by atoms with Crippen molar-refractivity contribution in [2.45, 2.75) is 46.0 Å². The average Bonchev–Trinajstić information content (AvgIpc) is 3.63. The molecule has 2 unspecified atom stereocenters. The molecule has 1 aromatic heterocycles. The first-order valence-corrected chi connectivity index (χ1v) is 12.3. The summed E-state index contributed by atoms with van der Waals surface area (Å²) in [6.45, 7) is 6.60. The molecule has 3 heterocycles. The number of aromatic amines is 1. The molecule has 6 nitrogen and oxygen atoms in total. The van der Waals surface area contributed by atoms with Gasteiger partial charge in [-0.3, -0.25) is 15.5 Å². The van der Waals surface area contributed by atoms with Gasteiger partial charge in [-0.15, -0.1) is 0 Å². The lowest BCUT2D eigenvalue weighted by Gasteiger charge is -2.30. The molecule has 0 saturated heterocycles. The predicted octanol–water partition coefficient (Wildman–Crippen LogP) is 6.36. The monoisotopic (exact) mass is 494 g/mol. The molecule has 0 bridgehead atoms. The summed E-state index contributed by atoms with van der Waals surface area (Å²) in [6.07, 6.45) is 11.7. The highest BCUT2D eigenvalue weighted by Gasteiger charge is 2.45. The van der Waals surface area contributed by atoms with Crippen LogP contribution in [0.25, 0.3) is 10.9 Å². The summed E-state index contributed by atoms with van der Waals surface area (Å²) in [4.78, 5) is 4.59. The number of aromatic nitrogens is 2. The molecular formula is C27H29F3N6. The Kier molecular flexibility index (Phi) is 6.18. The van der Waals surface area contributed by atoms with E-state index in [1.165, 1.54) is 19.0 Å². The number of H-pyrrole nitrogens is 1. The molecule has 2 N–H and O–H groups in total. The van der Waals surface area contributed by atoms with Crippen molar-refractivity contribution in [3.05, 3.63) is 64.8 Å². The number of halogens is 3. The van der Waals surface area contributed by atoms with E-state index in [0.717, 1.165) is 34.8 Å². The zero-order valence-electron chi connectivity index (χ0n) is 20.5. The van der Waals surface area contributed by atoms with Crippen molar-refractivity contribution >= 4 is 28.7 Å². The fourth-order valence-electron chi connectivity index (χ4n) is 4.86. The van der Waals surface area contributed by atoms with E-state index >= 15 is 8.78 Å². The lowest BCUT2D eigenvalue weighted by atomic mass is 9.88. The lowest BCUT2D eigenvalue weighted by Crippen LogP contribution is -2.40. The Morgan fingerprint density at radius 1 is 1.25 bits per heavy atom. The van der Waals surface area contributed by atoms with Crippen LogP contribution in [-0.2, 0) is 5.92 Å². The largest absolute Gasteiger partial charge is 0.334 e. The van der Waals surface area contributed by atoms with Crippen LogP contribution in [0.5, 0.6) is 0 Å². The Bertz CT molecular complexity index is 1360. The first kappa shape index (κ1) is 24.2. The number of alkyl halides is 2. The van der Waals surface area contributed by atoms with E-state index in [9.17, 15) is 4.39 Å². The fourth-order valence-corrected chi connectivity index (χ4v) is 4.86. The second kappa shape index (κ2) is 9.19. The van der Waals surface area contributed by atoms with Crippen LogP contribution in [0.2, 0.25) is 0 Å². The van der Waals surface area contributed by atoms with Crippen LogP contribution in [0, 0.1) is 29.0 Å². The SMILES string of the molecule is CCC(C)=C1C=CC(C2=CC(C)C(C3CC3)CN=C2)=NN1C(=N)C(F)(F)c1cc2cn[nH]c2cc1F. The number of fused-ring (bicyclic) bond motifs is 1. The minimum Gasteiger partial charge on any atom is -0.292 e. The van der Waals surface area contributed by atoms with Gasteiger partial charge in [-0.2, -0.15) is 19.0 Å². The molecule has 1 aliphatic carbocycles. The maximum absolute atomic E-state index is 15.7. The number of benzene rings is 1. The van der Waals surface area contributed by atoms with Gasteiger partial charge < -0.3 is 0 Å². The highest BCUT2D eigenvalue weighted by Crippen LogP contribution is 2.42. The minimum atomic E-state index is -3.94. The first-order chi connectivity index (χ1) is 17.2. The van der Waals surface area contributed by atoms with Gasteiger partial charge in [0.05, 0.1) is 28.7 Å². The summed E-state index contributed by atoms with van der Waals surface area (Å²) in [5, 5.41) is 20.7. The highest BCUT2D eigenvalue weighted by molar-refractivity contribution is 6.22. The summed E-state index contributed by atoms with van der Waals surface area (Å²) < 4.78 is 46.2. The van der Waals surface area contributed by atoms with Gasteiger partial charge in [0.25, 0.3) is 0 Å². The van der Waals surface area contributed by atoms with Gasteiger partial charge in [0, 0.05) is 29.8 Å². The van der Waals surface area contributed by atoms with Gasteiger partial charge in [-0.05, 0) is 67.7 Å². The number of allylic oxidation sites excluding steroid dienone is 5. The van der Waals surface area contributed by atoms with Gasteiger partial charge >= 0.3 is 5.92 Å². The molecule has 1 saturated carbocycles. The third-order valence-corrected chi connectivity index (χ3v) is 7.37. The molecule has 0 radical (unpaired) electrons. The third kappa shape index (κ3) is 4.31. The lowest BCUT2D eigenvalue weighted by molar-refractivity contribution is 0.0578. The van der Waals surface area contributed by atoms with E-state index in [1.807, 2.05) is 13.8 Å². The van der Waals surface area contributed by atoms with Crippen LogP contribution in [0.3, 0.4) is 0 Å². The molecule has 2 aliphatic heterocycles. The van der Waals surface area contributed by atoms with Crippen LogP contribution in [0.4, 0.5) is 13.2 Å². The summed E-state index contributed by atoms with van der Waals surface area (Å²) in [7, 11) is 0. The quantitative estimate of drug-likeness (QED) is 0.375. The van der Waals surface area contributed by atoms with Gasteiger partial charge in [0.15, 0.2) is 5.84 Å². The van der Waals surface area contributed by atoms with E-state index in [4.69, 9.17) is 5.41 Å². The molecule has 9 heteroatoms. The van der Waals surface area contributed by atoms with Crippen molar-refractivity contribution < 1.29 is 13.2 Å². The van der Waals surface area contributed by atoms with Crippen molar-refractivity contribution in [1.29, 1.82) is 5.41 Å². The summed E-state index contributed by atoms with van der Waals surface area (Å²) >= 11 is 0. The van der Waals surface area contributed by atoms with Crippen molar-refractivity contribution in [2.24, 2.45) is 27.8 Å². The molecule has 0 amide bonds. The minimum absolute atomic E-state index is 0.269. The van der Waals surface area contributed by atoms with Crippen molar-refractivity contribution in [2.75, 3.05) is 6.54 Å². The Hall–Kier alpha value is -3.49. The molecular weight excluding hydrogens is 465 g/mol. The third-order valence-electron chi connectivity index (χ3n) is 7.37.